The van der Waals surface area contributed by atoms with Crippen molar-refractivity contribution in [2.75, 3.05) is 26.0 Å². The molecule has 7 heteroatoms. The van der Waals surface area contributed by atoms with Gasteiger partial charge < -0.3 is 10.1 Å². The summed E-state index contributed by atoms with van der Waals surface area (Å²) in [5.41, 5.74) is 4.57. The second kappa shape index (κ2) is 10.6. The van der Waals surface area contributed by atoms with E-state index in [1.54, 1.807) is 7.11 Å². The molecule has 0 aliphatic heterocycles. The maximum Gasteiger partial charge on any atom is 0.230 e. The highest BCUT2D eigenvalue weighted by molar-refractivity contribution is 7.99. The van der Waals surface area contributed by atoms with Crippen LogP contribution in [0.1, 0.15) is 22.5 Å². The molecular formula is C26H28N4O2S. The summed E-state index contributed by atoms with van der Waals surface area (Å²) in [6, 6.07) is 21.1. The maximum atomic E-state index is 12.2. The van der Waals surface area contributed by atoms with Gasteiger partial charge in [-0.3, -0.25) is 9.36 Å². The second-order valence-electron chi connectivity index (χ2n) is 7.97. The molecule has 0 spiro atoms. The Kier molecular flexibility index (Phi) is 7.42. The number of benzene rings is 3. The Morgan fingerprint density at radius 3 is 2.70 bits per heavy atom. The molecule has 6 nitrogen and oxygen atoms in total. The van der Waals surface area contributed by atoms with E-state index in [-0.39, 0.29) is 11.7 Å². The molecule has 1 heterocycles. The lowest BCUT2D eigenvalue weighted by Gasteiger charge is -2.14. The van der Waals surface area contributed by atoms with Crippen LogP contribution in [0, 0.1) is 13.8 Å². The Labute approximate surface area is 198 Å². The minimum Gasteiger partial charge on any atom is -0.383 e. The van der Waals surface area contributed by atoms with Crippen molar-refractivity contribution in [1.82, 2.24) is 20.1 Å². The van der Waals surface area contributed by atoms with Crippen LogP contribution in [-0.2, 0) is 16.0 Å². The number of thioether (sulfide) groups is 1. The molecule has 1 amide bonds. The number of nitrogens with zero attached hydrogens (tertiary/aromatic N) is 3. The lowest BCUT2D eigenvalue weighted by atomic mass is 10.0. The molecule has 0 fully saturated rings. The Bertz CT molecular complexity index is 1260. The van der Waals surface area contributed by atoms with Crippen LogP contribution in [0.4, 0.5) is 0 Å². The number of nitrogens with one attached hydrogen (secondary N) is 1. The van der Waals surface area contributed by atoms with Gasteiger partial charge >= 0.3 is 0 Å². The molecule has 0 atom stereocenters. The van der Waals surface area contributed by atoms with E-state index < -0.39 is 0 Å². The van der Waals surface area contributed by atoms with Crippen LogP contribution in [0.5, 0.6) is 0 Å². The Hall–Kier alpha value is -3.16. The molecule has 0 aliphatic rings. The van der Waals surface area contributed by atoms with Crippen molar-refractivity contribution in [2.45, 2.75) is 25.4 Å². The van der Waals surface area contributed by atoms with Crippen LogP contribution >= 0.6 is 11.8 Å². The molecule has 170 valence electrons. The molecule has 4 aromatic rings. The van der Waals surface area contributed by atoms with Gasteiger partial charge in [0.2, 0.25) is 5.91 Å². The van der Waals surface area contributed by atoms with Crippen molar-refractivity contribution in [2.24, 2.45) is 0 Å². The predicted molar refractivity (Wildman–Crippen MR) is 133 cm³/mol. The first-order chi connectivity index (χ1) is 16.1. The molecule has 1 N–H and O–H groups in total. The summed E-state index contributed by atoms with van der Waals surface area (Å²) in [6.45, 7) is 5.16. The monoisotopic (exact) mass is 460 g/mol. The van der Waals surface area contributed by atoms with Crippen molar-refractivity contribution in [3.8, 4) is 5.69 Å². The van der Waals surface area contributed by atoms with E-state index >= 15 is 0 Å². The first kappa shape index (κ1) is 23.0. The van der Waals surface area contributed by atoms with E-state index in [4.69, 9.17) is 4.74 Å². The molecule has 33 heavy (non-hydrogen) atoms. The minimum atomic E-state index is -0.0529. The lowest BCUT2D eigenvalue weighted by Crippen LogP contribution is -2.28. The van der Waals surface area contributed by atoms with Crippen LogP contribution in [-0.4, -0.2) is 46.7 Å². The number of aromatic nitrogens is 3. The van der Waals surface area contributed by atoms with E-state index in [9.17, 15) is 4.79 Å². The molecule has 0 unspecified atom stereocenters. The molecule has 0 radical (unpaired) electrons. The highest BCUT2D eigenvalue weighted by Gasteiger charge is 2.18. The molecule has 3 aromatic carbocycles. The van der Waals surface area contributed by atoms with E-state index in [1.165, 1.54) is 33.7 Å². The molecule has 0 saturated carbocycles. The van der Waals surface area contributed by atoms with Gasteiger partial charge in [0.15, 0.2) is 5.16 Å². The van der Waals surface area contributed by atoms with Gasteiger partial charge in [-0.15, -0.1) is 10.2 Å². The zero-order chi connectivity index (χ0) is 23.2. The summed E-state index contributed by atoms with van der Waals surface area (Å²) in [4.78, 5) is 12.2. The highest BCUT2D eigenvalue weighted by Crippen LogP contribution is 2.28. The quantitative estimate of drug-likeness (QED) is 0.295. The van der Waals surface area contributed by atoms with E-state index in [2.05, 4.69) is 94.6 Å². The number of ether oxygens (including phenoxy) is 1. The molecule has 4 rings (SSSR count). The number of hydrogen-bond donors (Lipinski definition) is 1. The van der Waals surface area contributed by atoms with Gasteiger partial charge in [-0.25, -0.2) is 0 Å². The summed E-state index contributed by atoms with van der Waals surface area (Å²) in [5, 5.41) is 15.0. The number of methoxy groups -OCH3 is 1. The molecular weight excluding hydrogens is 432 g/mol. The van der Waals surface area contributed by atoms with Gasteiger partial charge in [0, 0.05) is 20.1 Å². The molecule has 1 aromatic heterocycles. The number of carbonyl (C=O) groups is 1. The van der Waals surface area contributed by atoms with Gasteiger partial charge in [-0.05, 0) is 41.8 Å². The minimum absolute atomic E-state index is 0.0529. The number of carbonyl (C=O) groups excluding carboxylic acids is 1. The number of rotatable bonds is 9. The average Bonchev–Trinajstić information content (AvgIpc) is 3.20. The van der Waals surface area contributed by atoms with Crippen molar-refractivity contribution >= 4 is 28.4 Å². The third-order valence-electron chi connectivity index (χ3n) is 5.48. The maximum absolute atomic E-state index is 12.2. The summed E-state index contributed by atoms with van der Waals surface area (Å²) in [7, 11) is 1.62. The first-order valence-corrected chi connectivity index (χ1v) is 11.9. The number of amides is 1. The SMILES string of the molecule is COCCNC(=O)CSc1nnc(Cc2cccc3ccccc23)n1-c1ccc(C)cc1C. The summed E-state index contributed by atoms with van der Waals surface area (Å²) in [5.74, 6) is 1.06. The van der Waals surface area contributed by atoms with Crippen LogP contribution in [0.25, 0.3) is 16.5 Å². The number of aryl methyl sites for hydroxylation is 2. The van der Waals surface area contributed by atoms with Crippen molar-refractivity contribution in [1.29, 1.82) is 0 Å². The fraction of sp³-hybridized carbons (Fsp3) is 0.269. The molecule has 0 saturated heterocycles. The zero-order valence-electron chi connectivity index (χ0n) is 19.2. The second-order valence-corrected chi connectivity index (χ2v) is 8.91. The van der Waals surface area contributed by atoms with Gasteiger partial charge in [0.25, 0.3) is 0 Å². The van der Waals surface area contributed by atoms with Crippen LogP contribution in [0.15, 0.2) is 65.8 Å². The fourth-order valence-corrected chi connectivity index (χ4v) is 4.69. The van der Waals surface area contributed by atoms with Crippen molar-refractivity contribution < 1.29 is 9.53 Å². The fourth-order valence-electron chi connectivity index (χ4n) is 3.90. The predicted octanol–water partition coefficient (Wildman–Crippen LogP) is 4.48. The average molecular weight is 461 g/mol. The summed E-state index contributed by atoms with van der Waals surface area (Å²) in [6.07, 6.45) is 0.641. The van der Waals surface area contributed by atoms with Gasteiger partial charge in [0.05, 0.1) is 18.0 Å². The summed E-state index contributed by atoms with van der Waals surface area (Å²) < 4.78 is 7.08. The van der Waals surface area contributed by atoms with Gasteiger partial charge in [-0.2, -0.15) is 0 Å². The van der Waals surface area contributed by atoms with E-state index in [0.29, 0.717) is 24.7 Å². The topological polar surface area (TPSA) is 69.0 Å². The standard InChI is InChI=1S/C26H28N4O2S/c1-18-11-12-23(19(2)15-18)30-24(16-21-9-6-8-20-7-4-5-10-22(20)21)28-29-26(30)33-17-25(31)27-13-14-32-3/h4-12,15H,13-14,16-17H2,1-3H3,(H,27,31). The van der Waals surface area contributed by atoms with Crippen molar-refractivity contribution in [3.05, 3.63) is 83.2 Å². The normalized spacial score (nSPS) is 11.1. The highest BCUT2D eigenvalue weighted by atomic mass is 32.2. The molecule has 0 bridgehead atoms. The van der Waals surface area contributed by atoms with E-state index in [0.717, 1.165) is 17.1 Å². The summed E-state index contributed by atoms with van der Waals surface area (Å²) >= 11 is 1.39. The van der Waals surface area contributed by atoms with Gasteiger partial charge in [0.1, 0.15) is 5.82 Å². The number of hydrogen-bond acceptors (Lipinski definition) is 5. The smallest absolute Gasteiger partial charge is 0.230 e. The van der Waals surface area contributed by atoms with E-state index in [1.807, 2.05) is 0 Å². The zero-order valence-corrected chi connectivity index (χ0v) is 20.0. The number of fused-ring (bicyclic) bond motifs is 1. The third-order valence-corrected chi connectivity index (χ3v) is 6.41. The van der Waals surface area contributed by atoms with Crippen molar-refractivity contribution in [3.63, 3.8) is 0 Å². The lowest BCUT2D eigenvalue weighted by molar-refractivity contribution is -0.118. The van der Waals surface area contributed by atoms with Crippen LogP contribution in [0.3, 0.4) is 0 Å². The van der Waals surface area contributed by atoms with Gasteiger partial charge in [-0.1, -0.05) is 71.9 Å². The van der Waals surface area contributed by atoms with Crippen LogP contribution < -0.4 is 5.32 Å². The Morgan fingerprint density at radius 1 is 1.06 bits per heavy atom. The Balaban J connectivity index is 1.67. The Morgan fingerprint density at radius 2 is 1.88 bits per heavy atom. The molecule has 0 aliphatic carbocycles. The first-order valence-electron chi connectivity index (χ1n) is 10.9. The van der Waals surface area contributed by atoms with Crippen LogP contribution in [0.2, 0.25) is 0 Å². The largest absolute Gasteiger partial charge is 0.383 e. The third kappa shape index (κ3) is 5.43.